The second kappa shape index (κ2) is 6.46. The van der Waals surface area contributed by atoms with E-state index in [1.165, 1.54) is 44.9 Å². The van der Waals surface area contributed by atoms with Gasteiger partial charge >= 0.3 is 0 Å². The van der Waals surface area contributed by atoms with Gasteiger partial charge in [0.05, 0.1) is 6.04 Å². The largest absolute Gasteiger partial charge is 0.341 e. The van der Waals surface area contributed by atoms with Crippen LogP contribution in [0.5, 0.6) is 0 Å². The molecule has 0 aromatic heterocycles. The van der Waals surface area contributed by atoms with Gasteiger partial charge in [0.2, 0.25) is 5.91 Å². The van der Waals surface area contributed by atoms with Gasteiger partial charge in [-0.25, -0.2) is 0 Å². The molecule has 3 unspecified atom stereocenters. The minimum Gasteiger partial charge on any atom is -0.341 e. The fourth-order valence-electron chi connectivity index (χ4n) is 4.08. The Hall–Kier alpha value is -0.570. The van der Waals surface area contributed by atoms with Crippen LogP contribution in [0.3, 0.4) is 0 Å². The summed E-state index contributed by atoms with van der Waals surface area (Å²) in [6.45, 7) is 4.14. The number of nitrogens with one attached hydrogen (secondary N) is 1. The third-order valence-electron chi connectivity index (χ3n) is 5.43. The predicted octanol–water partition coefficient (Wildman–Crippen LogP) is 2.95. The van der Waals surface area contributed by atoms with E-state index in [2.05, 4.69) is 17.1 Å². The third-order valence-corrected chi connectivity index (χ3v) is 5.43. The highest BCUT2D eigenvalue weighted by atomic mass is 16.2. The first-order chi connectivity index (χ1) is 9.78. The lowest BCUT2D eigenvalue weighted by molar-refractivity contribution is -0.135. The monoisotopic (exact) mass is 278 g/mol. The Morgan fingerprint density at radius 1 is 1.10 bits per heavy atom. The predicted molar refractivity (Wildman–Crippen MR) is 81.5 cm³/mol. The fourth-order valence-corrected chi connectivity index (χ4v) is 4.08. The highest BCUT2D eigenvalue weighted by Gasteiger charge is 2.37. The van der Waals surface area contributed by atoms with Gasteiger partial charge in [0, 0.05) is 19.1 Å². The van der Waals surface area contributed by atoms with Crippen LogP contribution >= 0.6 is 0 Å². The maximum absolute atomic E-state index is 12.8. The zero-order chi connectivity index (χ0) is 13.9. The van der Waals surface area contributed by atoms with E-state index in [0.29, 0.717) is 11.9 Å². The molecule has 1 aliphatic heterocycles. The molecule has 1 amide bonds. The standard InChI is InChI=1S/C17H30N2O/c1-2-11-19(12-13-7-8-13)17(20)16-10-9-14-5-3-4-6-15(14)18-16/h13-16,18H,2-12H2,1H3. The molecule has 0 bridgehead atoms. The number of piperidine rings is 1. The molecule has 3 rings (SSSR count). The van der Waals surface area contributed by atoms with E-state index in [1.54, 1.807) is 0 Å². The second-order valence-electron chi connectivity index (χ2n) is 7.18. The summed E-state index contributed by atoms with van der Waals surface area (Å²) in [6, 6.07) is 0.732. The molecule has 0 aromatic carbocycles. The number of amides is 1. The Morgan fingerprint density at radius 3 is 2.65 bits per heavy atom. The van der Waals surface area contributed by atoms with Crippen molar-refractivity contribution in [2.45, 2.75) is 76.8 Å². The van der Waals surface area contributed by atoms with Crippen molar-refractivity contribution in [1.82, 2.24) is 10.2 Å². The van der Waals surface area contributed by atoms with Crippen LogP contribution in [0.1, 0.15) is 64.7 Å². The smallest absolute Gasteiger partial charge is 0.239 e. The summed E-state index contributed by atoms with van der Waals surface area (Å²) in [5.74, 6) is 2.04. The third kappa shape index (κ3) is 3.36. The van der Waals surface area contributed by atoms with Crippen LogP contribution in [0.4, 0.5) is 0 Å². The molecular formula is C17H30N2O. The molecule has 3 aliphatic rings. The molecule has 1 N–H and O–H groups in total. The summed E-state index contributed by atoms with van der Waals surface area (Å²) in [5, 5.41) is 3.70. The Bertz CT molecular complexity index is 340. The summed E-state index contributed by atoms with van der Waals surface area (Å²) in [7, 11) is 0. The van der Waals surface area contributed by atoms with Crippen molar-refractivity contribution in [3.8, 4) is 0 Å². The summed E-state index contributed by atoms with van der Waals surface area (Å²) in [6.07, 6.45) is 11.5. The summed E-state index contributed by atoms with van der Waals surface area (Å²) in [5.41, 5.74) is 0. The first-order valence-corrected chi connectivity index (χ1v) is 8.82. The van der Waals surface area contributed by atoms with Crippen LogP contribution < -0.4 is 5.32 Å². The first kappa shape index (κ1) is 14.4. The molecule has 0 spiro atoms. The summed E-state index contributed by atoms with van der Waals surface area (Å²) >= 11 is 0. The Labute approximate surface area is 123 Å². The van der Waals surface area contributed by atoms with Crippen LogP contribution in [0.2, 0.25) is 0 Å². The van der Waals surface area contributed by atoms with Crippen molar-refractivity contribution in [3.05, 3.63) is 0 Å². The van der Waals surface area contributed by atoms with Gasteiger partial charge in [-0.1, -0.05) is 19.8 Å². The lowest BCUT2D eigenvalue weighted by atomic mass is 9.77. The average molecular weight is 278 g/mol. The van der Waals surface area contributed by atoms with Crippen molar-refractivity contribution < 1.29 is 4.79 Å². The molecule has 1 saturated heterocycles. The number of carbonyl (C=O) groups is 1. The van der Waals surface area contributed by atoms with E-state index in [0.717, 1.165) is 37.8 Å². The van der Waals surface area contributed by atoms with E-state index < -0.39 is 0 Å². The lowest BCUT2D eigenvalue weighted by Gasteiger charge is -2.41. The summed E-state index contributed by atoms with van der Waals surface area (Å²) < 4.78 is 0. The quantitative estimate of drug-likeness (QED) is 0.838. The molecular weight excluding hydrogens is 248 g/mol. The van der Waals surface area contributed by atoms with E-state index in [9.17, 15) is 4.79 Å². The van der Waals surface area contributed by atoms with Crippen molar-refractivity contribution in [2.75, 3.05) is 13.1 Å². The molecule has 3 fully saturated rings. The number of rotatable bonds is 5. The normalized spacial score (nSPS) is 33.5. The van der Waals surface area contributed by atoms with Crippen molar-refractivity contribution in [2.24, 2.45) is 11.8 Å². The lowest BCUT2D eigenvalue weighted by Crippen LogP contribution is -2.56. The van der Waals surface area contributed by atoms with Crippen molar-refractivity contribution in [3.63, 3.8) is 0 Å². The SMILES string of the molecule is CCCN(CC1CC1)C(=O)C1CCC2CCCCC2N1. The maximum atomic E-state index is 12.8. The van der Waals surface area contributed by atoms with Crippen LogP contribution in [-0.4, -0.2) is 36.0 Å². The van der Waals surface area contributed by atoms with Gasteiger partial charge < -0.3 is 10.2 Å². The van der Waals surface area contributed by atoms with Gasteiger partial charge in [-0.05, 0) is 56.8 Å². The van der Waals surface area contributed by atoms with Gasteiger partial charge in [0.25, 0.3) is 0 Å². The highest BCUT2D eigenvalue weighted by molar-refractivity contribution is 5.82. The van der Waals surface area contributed by atoms with E-state index >= 15 is 0 Å². The van der Waals surface area contributed by atoms with Crippen molar-refractivity contribution >= 4 is 5.91 Å². The molecule has 0 radical (unpaired) electrons. The number of nitrogens with zero attached hydrogens (tertiary/aromatic N) is 1. The fraction of sp³-hybridized carbons (Fsp3) is 0.941. The van der Waals surface area contributed by atoms with Crippen LogP contribution in [-0.2, 0) is 4.79 Å². The number of hydrogen-bond donors (Lipinski definition) is 1. The van der Waals surface area contributed by atoms with Gasteiger partial charge in [-0.3, -0.25) is 4.79 Å². The zero-order valence-corrected chi connectivity index (χ0v) is 12.9. The minimum atomic E-state index is 0.111. The Morgan fingerprint density at radius 2 is 1.90 bits per heavy atom. The number of hydrogen-bond acceptors (Lipinski definition) is 2. The van der Waals surface area contributed by atoms with E-state index in [-0.39, 0.29) is 6.04 Å². The van der Waals surface area contributed by atoms with E-state index in [1.807, 2.05) is 0 Å². The number of carbonyl (C=O) groups excluding carboxylic acids is 1. The van der Waals surface area contributed by atoms with Gasteiger partial charge in [0.1, 0.15) is 0 Å². The highest BCUT2D eigenvalue weighted by Crippen LogP contribution is 2.33. The van der Waals surface area contributed by atoms with E-state index in [4.69, 9.17) is 0 Å². The van der Waals surface area contributed by atoms with Crippen LogP contribution in [0.15, 0.2) is 0 Å². The molecule has 1 heterocycles. The molecule has 20 heavy (non-hydrogen) atoms. The maximum Gasteiger partial charge on any atom is 0.239 e. The molecule has 3 heteroatoms. The topological polar surface area (TPSA) is 32.3 Å². The molecule has 3 atom stereocenters. The first-order valence-electron chi connectivity index (χ1n) is 8.82. The Balaban J connectivity index is 1.57. The molecule has 2 aliphatic carbocycles. The van der Waals surface area contributed by atoms with Gasteiger partial charge in [0.15, 0.2) is 0 Å². The van der Waals surface area contributed by atoms with Crippen LogP contribution in [0.25, 0.3) is 0 Å². The summed E-state index contributed by atoms with van der Waals surface area (Å²) in [4.78, 5) is 14.9. The number of fused-ring (bicyclic) bond motifs is 1. The van der Waals surface area contributed by atoms with Gasteiger partial charge in [-0.2, -0.15) is 0 Å². The Kier molecular flexibility index (Phi) is 4.65. The van der Waals surface area contributed by atoms with Crippen molar-refractivity contribution in [1.29, 1.82) is 0 Å². The second-order valence-corrected chi connectivity index (χ2v) is 7.18. The zero-order valence-electron chi connectivity index (χ0n) is 12.9. The molecule has 0 aromatic rings. The molecule has 114 valence electrons. The average Bonchev–Trinajstić information content (AvgIpc) is 3.29. The minimum absolute atomic E-state index is 0.111. The van der Waals surface area contributed by atoms with Crippen LogP contribution in [0, 0.1) is 11.8 Å². The molecule has 3 nitrogen and oxygen atoms in total. The molecule has 2 saturated carbocycles. The van der Waals surface area contributed by atoms with Gasteiger partial charge in [-0.15, -0.1) is 0 Å².